The minimum Gasteiger partial charge on any atom is -0.303 e. The number of benzene rings is 1. The number of aryl methyl sites for hydroxylation is 1. The van der Waals surface area contributed by atoms with Crippen LogP contribution in [0.2, 0.25) is 0 Å². The summed E-state index contributed by atoms with van der Waals surface area (Å²) in [7, 11) is 1.91. The quantitative estimate of drug-likeness (QED) is 0.922. The van der Waals surface area contributed by atoms with Crippen LogP contribution >= 0.6 is 0 Å². The van der Waals surface area contributed by atoms with Gasteiger partial charge in [-0.25, -0.2) is 4.39 Å². The van der Waals surface area contributed by atoms with Crippen molar-refractivity contribution in [1.29, 1.82) is 0 Å². The van der Waals surface area contributed by atoms with E-state index in [9.17, 15) is 4.39 Å². The van der Waals surface area contributed by atoms with Crippen LogP contribution in [0.4, 0.5) is 4.39 Å². The van der Waals surface area contributed by atoms with E-state index < -0.39 is 0 Å². The van der Waals surface area contributed by atoms with E-state index in [1.807, 2.05) is 31.6 Å². The lowest BCUT2D eigenvalue weighted by Crippen LogP contribution is -2.34. The Morgan fingerprint density at radius 2 is 1.76 bits per heavy atom. The Hall–Kier alpha value is -1.68. The van der Waals surface area contributed by atoms with Crippen molar-refractivity contribution < 1.29 is 4.39 Å². The lowest BCUT2D eigenvalue weighted by atomic mass is 9.81. The molecule has 1 aromatic carbocycles. The van der Waals surface area contributed by atoms with E-state index >= 15 is 0 Å². The maximum atomic E-state index is 13.1. The molecule has 0 saturated carbocycles. The lowest BCUT2D eigenvalue weighted by molar-refractivity contribution is 0.254. The van der Waals surface area contributed by atoms with Crippen LogP contribution in [0.1, 0.15) is 50.9 Å². The van der Waals surface area contributed by atoms with Crippen molar-refractivity contribution in [2.75, 3.05) is 0 Å². The molecule has 2 rings (SSSR count). The third kappa shape index (κ3) is 3.91. The summed E-state index contributed by atoms with van der Waals surface area (Å²) in [5, 5.41) is 7.87. The van der Waals surface area contributed by atoms with Crippen LogP contribution in [-0.2, 0) is 7.05 Å². The molecule has 2 atom stereocenters. The van der Waals surface area contributed by atoms with E-state index in [2.05, 4.69) is 38.1 Å². The fourth-order valence-corrected chi connectivity index (χ4v) is 2.51. The predicted molar refractivity (Wildman–Crippen MR) is 83.4 cm³/mol. The number of halogens is 1. The van der Waals surface area contributed by atoms with Crippen molar-refractivity contribution in [2.45, 2.75) is 39.8 Å². The van der Waals surface area contributed by atoms with Gasteiger partial charge in [-0.3, -0.25) is 4.68 Å². The molecule has 1 N–H and O–H groups in total. The van der Waals surface area contributed by atoms with Crippen LogP contribution in [0.5, 0.6) is 0 Å². The second kappa shape index (κ2) is 5.98. The summed E-state index contributed by atoms with van der Waals surface area (Å²) in [4.78, 5) is 0. The predicted octanol–water partition coefficient (Wildman–Crippen LogP) is 4.00. The Morgan fingerprint density at radius 1 is 1.14 bits per heavy atom. The van der Waals surface area contributed by atoms with Crippen molar-refractivity contribution >= 4 is 0 Å². The van der Waals surface area contributed by atoms with Gasteiger partial charge in [0.25, 0.3) is 0 Å². The molecular formula is C17H24FN3. The Balaban J connectivity index is 2.23. The maximum absolute atomic E-state index is 13.1. The highest BCUT2D eigenvalue weighted by molar-refractivity contribution is 5.23. The Labute approximate surface area is 126 Å². The van der Waals surface area contributed by atoms with Crippen LogP contribution in [0.3, 0.4) is 0 Å². The molecule has 0 amide bonds. The summed E-state index contributed by atoms with van der Waals surface area (Å²) < 4.78 is 14.9. The molecule has 0 aliphatic carbocycles. The molecule has 3 nitrogen and oxygen atoms in total. The van der Waals surface area contributed by atoms with Gasteiger partial charge in [0.05, 0.1) is 6.20 Å². The first-order chi connectivity index (χ1) is 9.77. The van der Waals surface area contributed by atoms with E-state index in [1.165, 1.54) is 12.1 Å². The molecule has 4 heteroatoms. The number of nitrogens with zero attached hydrogens (tertiary/aromatic N) is 2. The molecular weight excluding hydrogens is 265 g/mol. The van der Waals surface area contributed by atoms with Crippen LogP contribution < -0.4 is 5.32 Å². The highest BCUT2D eigenvalue weighted by Crippen LogP contribution is 2.34. The van der Waals surface area contributed by atoms with E-state index in [0.29, 0.717) is 0 Å². The second-order valence-electron chi connectivity index (χ2n) is 6.69. The first-order valence-corrected chi connectivity index (χ1v) is 7.27. The minimum atomic E-state index is -0.202. The van der Waals surface area contributed by atoms with Gasteiger partial charge in [-0.1, -0.05) is 32.9 Å². The largest absolute Gasteiger partial charge is 0.303 e. The van der Waals surface area contributed by atoms with E-state index in [-0.39, 0.29) is 23.3 Å². The number of hydrogen-bond acceptors (Lipinski definition) is 2. The van der Waals surface area contributed by atoms with Crippen LogP contribution in [0, 0.1) is 11.2 Å². The molecule has 0 aliphatic rings. The standard InChI is InChI=1S/C17H24FN3/c1-12(14-10-19-21(5)11-14)20-16(17(2,3)4)13-6-8-15(18)9-7-13/h6-12,16,20H,1-5H3. The fraction of sp³-hybridized carbons (Fsp3) is 0.471. The van der Waals surface area contributed by atoms with Crippen molar-refractivity contribution in [1.82, 2.24) is 15.1 Å². The van der Waals surface area contributed by atoms with Gasteiger partial charge in [0.1, 0.15) is 5.82 Å². The van der Waals surface area contributed by atoms with Crippen LogP contribution in [0.25, 0.3) is 0 Å². The zero-order valence-electron chi connectivity index (χ0n) is 13.4. The first-order valence-electron chi connectivity index (χ1n) is 7.27. The molecule has 2 unspecified atom stereocenters. The van der Waals surface area contributed by atoms with Gasteiger partial charge < -0.3 is 5.32 Å². The summed E-state index contributed by atoms with van der Waals surface area (Å²) in [6.45, 7) is 8.68. The molecule has 0 radical (unpaired) electrons. The Bertz CT molecular complexity index is 581. The van der Waals surface area contributed by atoms with Crippen molar-refractivity contribution in [3.05, 3.63) is 53.6 Å². The summed E-state index contributed by atoms with van der Waals surface area (Å²) in [5.74, 6) is -0.202. The molecule has 0 bridgehead atoms. The molecule has 114 valence electrons. The molecule has 1 aromatic heterocycles. The molecule has 0 spiro atoms. The number of hydrogen-bond donors (Lipinski definition) is 1. The van der Waals surface area contributed by atoms with Gasteiger partial charge in [-0.2, -0.15) is 5.10 Å². The average Bonchev–Trinajstić information content (AvgIpc) is 2.82. The van der Waals surface area contributed by atoms with Crippen LogP contribution in [0.15, 0.2) is 36.7 Å². The van der Waals surface area contributed by atoms with Crippen LogP contribution in [-0.4, -0.2) is 9.78 Å². The molecule has 0 aliphatic heterocycles. The SMILES string of the molecule is CC(NC(c1ccc(F)cc1)C(C)(C)C)c1cnn(C)c1. The topological polar surface area (TPSA) is 29.9 Å². The maximum Gasteiger partial charge on any atom is 0.123 e. The highest BCUT2D eigenvalue weighted by Gasteiger charge is 2.28. The number of rotatable bonds is 4. The first kappa shape index (κ1) is 15.7. The zero-order valence-corrected chi connectivity index (χ0v) is 13.4. The van der Waals surface area contributed by atoms with E-state index in [0.717, 1.165) is 11.1 Å². The molecule has 0 fully saturated rings. The monoisotopic (exact) mass is 289 g/mol. The van der Waals surface area contributed by atoms with Gasteiger partial charge in [0, 0.05) is 30.9 Å². The summed E-state index contributed by atoms with van der Waals surface area (Å²) in [6, 6.07) is 7.05. The molecule has 1 heterocycles. The summed E-state index contributed by atoms with van der Waals surface area (Å²) >= 11 is 0. The Morgan fingerprint density at radius 3 is 2.24 bits per heavy atom. The van der Waals surface area contributed by atoms with Gasteiger partial charge in [0.2, 0.25) is 0 Å². The summed E-state index contributed by atoms with van der Waals surface area (Å²) in [6.07, 6.45) is 3.89. The number of nitrogens with one attached hydrogen (secondary N) is 1. The zero-order chi connectivity index (χ0) is 15.6. The normalized spacial score (nSPS) is 15.0. The van der Waals surface area contributed by atoms with Gasteiger partial charge in [0.15, 0.2) is 0 Å². The third-order valence-corrected chi connectivity index (χ3v) is 3.71. The summed E-state index contributed by atoms with van der Waals surface area (Å²) in [5.41, 5.74) is 2.27. The van der Waals surface area contributed by atoms with Gasteiger partial charge in [-0.05, 0) is 30.0 Å². The highest BCUT2D eigenvalue weighted by atomic mass is 19.1. The molecule has 0 saturated heterocycles. The van der Waals surface area contributed by atoms with Gasteiger partial charge in [-0.15, -0.1) is 0 Å². The fourth-order valence-electron chi connectivity index (χ4n) is 2.51. The van der Waals surface area contributed by atoms with E-state index in [4.69, 9.17) is 0 Å². The van der Waals surface area contributed by atoms with E-state index in [1.54, 1.807) is 4.68 Å². The van der Waals surface area contributed by atoms with Crippen molar-refractivity contribution in [3.8, 4) is 0 Å². The molecule has 2 aromatic rings. The molecule has 21 heavy (non-hydrogen) atoms. The lowest BCUT2D eigenvalue weighted by Gasteiger charge is -2.34. The second-order valence-corrected chi connectivity index (χ2v) is 6.69. The third-order valence-electron chi connectivity index (χ3n) is 3.71. The average molecular weight is 289 g/mol. The minimum absolute atomic E-state index is 0.0221. The number of aromatic nitrogens is 2. The van der Waals surface area contributed by atoms with Gasteiger partial charge >= 0.3 is 0 Å². The smallest absolute Gasteiger partial charge is 0.123 e. The van der Waals surface area contributed by atoms with Crippen molar-refractivity contribution in [2.24, 2.45) is 12.5 Å². The Kier molecular flexibility index (Phi) is 4.47. The van der Waals surface area contributed by atoms with Crippen molar-refractivity contribution in [3.63, 3.8) is 0 Å².